The number of nitrogens with zero attached hydrogens (tertiary/aromatic N) is 1. The summed E-state index contributed by atoms with van der Waals surface area (Å²) in [5.41, 5.74) is 5.08. The summed E-state index contributed by atoms with van der Waals surface area (Å²) < 4.78 is 25.7. The Morgan fingerprint density at radius 3 is 2.52 bits per heavy atom. The molecule has 0 saturated carbocycles. The number of para-hydroxylation sites is 2. The summed E-state index contributed by atoms with van der Waals surface area (Å²) in [6.07, 6.45) is 6.30. The van der Waals surface area contributed by atoms with Gasteiger partial charge in [-0.3, -0.25) is 9.52 Å². The summed E-state index contributed by atoms with van der Waals surface area (Å²) in [5, 5.41) is 1.30. The van der Waals surface area contributed by atoms with Crippen LogP contribution in [0.2, 0.25) is 0 Å². The van der Waals surface area contributed by atoms with Crippen molar-refractivity contribution in [2.45, 2.75) is 38.5 Å². The Bertz CT molecular complexity index is 1190. The number of likely N-dealkylation sites (tertiary alicyclic amines) is 1. The molecule has 0 bridgehead atoms. The van der Waals surface area contributed by atoms with Crippen molar-refractivity contribution in [1.82, 2.24) is 9.88 Å². The van der Waals surface area contributed by atoms with Crippen LogP contribution in [0.25, 0.3) is 10.9 Å². The first-order valence-corrected chi connectivity index (χ1v) is 12.7. The average molecular weight is 440 g/mol. The van der Waals surface area contributed by atoms with Crippen molar-refractivity contribution >= 4 is 32.5 Å². The number of rotatable bonds is 6. The van der Waals surface area contributed by atoms with Crippen LogP contribution >= 0.6 is 0 Å². The molecule has 0 radical (unpaired) electrons. The van der Waals surface area contributed by atoms with Gasteiger partial charge >= 0.3 is 0 Å². The monoisotopic (exact) mass is 439 g/mol. The molecule has 164 valence electrons. The number of aromatic nitrogens is 1. The van der Waals surface area contributed by atoms with Crippen LogP contribution in [0.15, 0.2) is 48.7 Å². The van der Waals surface area contributed by atoms with E-state index in [1.165, 1.54) is 22.0 Å². The SMILES string of the molecule is CCc1cccc2c(C3CCN(C(=O)Cc4ccccc4NS(C)(=O)=O)CC3)c[nH]c12. The van der Waals surface area contributed by atoms with Crippen LogP contribution in [-0.4, -0.2) is 43.6 Å². The zero-order valence-electron chi connectivity index (χ0n) is 18.0. The van der Waals surface area contributed by atoms with Gasteiger partial charge in [0.05, 0.1) is 18.4 Å². The fourth-order valence-corrected chi connectivity index (χ4v) is 5.16. The highest BCUT2D eigenvalue weighted by molar-refractivity contribution is 7.92. The molecule has 0 spiro atoms. The summed E-state index contributed by atoms with van der Waals surface area (Å²) in [4.78, 5) is 18.3. The number of sulfonamides is 1. The average Bonchev–Trinajstić information content (AvgIpc) is 3.18. The van der Waals surface area contributed by atoms with E-state index in [0.717, 1.165) is 25.5 Å². The zero-order valence-corrected chi connectivity index (χ0v) is 18.8. The second kappa shape index (κ2) is 8.75. The molecular formula is C24H29N3O3S. The highest BCUT2D eigenvalue weighted by Crippen LogP contribution is 2.34. The largest absolute Gasteiger partial charge is 0.361 e. The number of aryl methyl sites for hydroxylation is 1. The number of benzene rings is 2. The molecule has 1 aromatic heterocycles. The molecule has 1 aliphatic heterocycles. The van der Waals surface area contributed by atoms with Gasteiger partial charge in [-0.2, -0.15) is 0 Å². The van der Waals surface area contributed by atoms with Gasteiger partial charge in [0.15, 0.2) is 0 Å². The number of anilines is 1. The molecule has 7 heteroatoms. The topological polar surface area (TPSA) is 82.3 Å². The molecule has 31 heavy (non-hydrogen) atoms. The van der Waals surface area contributed by atoms with E-state index in [1.54, 1.807) is 18.2 Å². The van der Waals surface area contributed by atoms with E-state index in [4.69, 9.17) is 0 Å². The Morgan fingerprint density at radius 1 is 1.10 bits per heavy atom. The number of carbonyl (C=O) groups excluding carboxylic acids is 1. The standard InChI is InChI=1S/C24H29N3O3S/c1-3-17-8-6-9-20-21(16-25-24(17)20)18-11-13-27(14-12-18)23(28)15-19-7-4-5-10-22(19)26-31(2,29)30/h4-10,16,18,25-26H,3,11-15H2,1-2H3. The minimum absolute atomic E-state index is 0.0356. The Labute approximate surface area is 183 Å². The summed E-state index contributed by atoms with van der Waals surface area (Å²) in [6.45, 7) is 3.60. The summed E-state index contributed by atoms with van der Waals surface area (Å²) >= 11 is 0. The lowest BCUT2D eigenvalue weighted by Crippen LogP contribution is -2.38. The van der Waals surface area contributed by atoms with Crippen LogP contribution < -0.4 is 4.72 Å². The van der Waals surface area contributed by atoms with E-state index >= 15 is 0 Å². The Kier molecular flexibility index (Phi) is 6.05. The van der Waals surface area contributed by atoms with E-state index in [-0.39, 0.29) is 12.3 Å². The maximum absolute atomic E-state index is 12.9. The van der Waals surface area contributed by atoms with Gasteiger partial charge in [0.1, 0.15) is 0 Å². The van der Waals surface area contributed by atoms with E-state index in [1.807, 2.05) is 11.0 Å². The van der Waals surface area contributed by atoms with Crippen molar-refractivity contribution in [1.29, 1.82) is 0 Å². The van der Waals surface area contributed by atoms with Crippen LogP contribution in [0.4, 0.5) is 5.69 Å². The summed E-state index contributed by atoms with van der Waals surface area (Å²) in [6, 6.07) is 13.6. The first-order valence-electron chi connectivity index (χ1n) is 10.8. The molecule has 1 fully saturated rings. The molecule has 0 aliphatic carbocycles. The van der Waals surface area contributed by atoms with Gasteiger partial charge < -0.3 is 9.88 Å². The van der Waals surface area contributed by atoms with Crippen LogP contribution in [0.5, 0.6) is 0 Å². The predicted molar refractivity (Wildman–Crippen MR) is 125 cm³/mol. The molecular weight excluding hydrogens is 410 g/mol. The molecule has 6 nitrogen and oxygen atoms in total. The number of carbonyl (C=O) groups is 1. The lowest BCUT2D eigenvalue weighted by atomic mass is 9.88. The Balaban J connectivity index is 1.43. The quantitative estimate of drug-likeness (QED) is 0.608. The van der Waals surface area contributed by atoms with E-state index in [9.17, 15) is 13.2 Å². The minimum Gasteiger partial charge on any atom is -0.361 e. The Hall–Kier alpha value is -2.80. The van der Waals surface area contributed by atoms with Crippen LogP contribution in [0.3, 0.4) is 0 Å². The van der Waals surface area contributed by atoms with E-state index in [2.05, 4.69) is 41.0 Å². The van der Waals surface area contributed by atoms with Gasteiger partial charge in [-0.15, -0.1) is 0 Å². The molecule has 3 aromatic rings. The second-order valence-corrected chi connectivity index (χ2v) is 10.0. The summed E-state index contributed by atoms with van der Waals surface area (Å²) in [7, 11) is -3.39. The fraction of sp³-hybridized carbons (Fsp3) is 0.375. The molecule has 0 atom stereocenters. The zero-order chi connectivity index (χ0) is 22.0. The van der Waals surface area contributed by atoms with Crippen molar-refractivity contribution in [2.24, 2.45) is 0 Å². The van der Waals surface area contributed by atoms with Crippen molar-refractivity contribution in [3.63, 3.8) is 0 Å². The third-order valence-electron chi connectivity index (χ3n) is 6.16. The number of amides is 1. The number of aromatic amines is 1. The first-order chi connectivity index (χ1) is 14.9. The highest BCUT2D eigenvalue weighted by Gasteiger charge is 2.26. The fourth-order valence-electron chi connectivity index (χ4n) is 4.56. The number of H-pyrrole nitrogens is 1. The van der Waals surface area contributed by atoms with E-state index < -0.39 is 10.0 Å². The second-order valence-electron chi connectivity index (χ2n) is 8.30. The predicted octanol–water partition coefficient (Wildman–Crippen LogP) is 4.05. The third kappa shape index (κ3) is 4.77. The van der Waals surface area contributed by atoms with Gasteiger partial charge in [0.2, 0.25) is 15.9 Å². The number of hydrogen-bond donors (Lipinski definition) is 2. The van der Waals surface area contributed by atoms with Crippen molar-refractivity contribution in [3.8, 4) is 0 Å². The molecule has 1 saturated heterocycles. The normalized spacial score (nSPS) is 15.4. The van der Waals surface area contributed by atoms with Crippen LogP contribution in [-0.2, 0) is 27.7 Å². The van der Waals surface area contributed by atoms with E-state index in [0.29, 0.717) is 30.3 Å². The molecule has 1 aliphatic rings. The van der Waals surface area contributed by atoms with Crippen LogP contribution in [0.1, 0.15) is 42.4 Å². The minimum atomic E-state index is -3.39. The molecule has 0 unspecified atom stereocenters. The number of hydrogen-bond acceptors (Lipinski definition) is 3. The maximum atomic E-state index is 12.9. The molecule has 2 aromatic carbocycles. The first kappa shape index (κ1) is 21.4. The van der Waals surface area contributed by atoms with Crippen LogP contribution in [0, 0.1) is 0 Å². The third-order valence-corrected chi connectivity index (χ3v) is 6.75. The van der Waals surface area contributed by atoms with Gasteiger partial charge in [-0.05, 0) is 47.9 Å². The van der Waals surface area contributed by atoms with Gasteiger partial charge in [-0.1, -0.05) is 43.3 Å². The van der Waals surface area contributed by atoms with Gasteiger partial charge in [0, 0.05) is 30.2 Å². The summed E-state index contributed by atoms with van der Waals surface area (Å²) in [5.74, 6) is 0.470. The van der Waals surface area contributed by atoms with Gasteiger partial charge in [-0.25, -0.2) is 8.42 Å². The number of piperidine rings is 1. The van der Waals surface area contributed by atoms with Crippen molar-refractivity contribution in [3.05, 3.63) is 65.4 Å². The maximum Gasteiger partial charge on any atom is 0.229 e. The smallest absolute Gasteiger partial charge is 0.229 e. The molecule has 1 amide bonds. The van der Waals surface area contributed by atoms with Crippen molar-refractivity contribution < 1.29 is 13.2 Å². The number of nitrogens with one attached hydrogen (secondary N) is 2. The highest BCUT2D eigenvalue weighted by atomic mass is 32.2. The molecule has 4 rings (SSSR count). The molecule has 2 N–H and O–H groups in total. The van der Waals surface area contributed by atoms with Crippen molar-refractivity contribution in [2.75, 3.05) is 24.1 Å². The molecule has 2 heterocycles. The number of fused-ring (bicyclic) bond motifs is 1. The lowest BCUT2D eigenvalue weighted by molar-refractivity contribution is -0.131. The van der Waals surface area contributed by atoms with Gasteiger partial charge in [0.25, 0.3) is 0 Å². The lowest BCUT2D eigenvalue weighted by Gasteiger charge is -2.32. The Morgan fingerprint density at radius 2 is 1.81 bits per heavy atom.